The van der Waals surface area contributed by atoms with Gasteiger partial charge in [0.05, 0.1) is 27.9 Å². The van der Waals surface area contributed by atoms with Crippen molar-refractivity contribution in [2.75, 3.05) is 52.4 Å². The Morgan fingerprint density at radius 3 is 2.27 bits per heavy atom. The van der Waals surface area contributed by atoms with E-state index in [1.807, 2.05) is 30.3 Å². The third-order valence-corrected chi connectivity index (χ3v) is 5.28. The molecule has 3 aromatic rings. The van der Waals surface area contributed by atoms with Crippen LogP contribution in [-0.4, -0.2) is 62.5 Å². The molecule has 158 valence electrons. The quantitative estimate of drug-likeness (QED) is 0.588. The molecule has 1 fully saturated rings. The van der Waals surface area contributed by atoms with E-state index in [4.69, 9.17) is 18.7 Å². The molecule has 8 nitrogen and oxygen atoms in total. The molecule has 4 rings (SSSR count). The lowest BCUT2D eigenvalue weighted by molar-refractivity contribution is 0.215. The standard InChI is InChI=1S/C22H26N4O4/c1-27-18-7-5-17(6-8-18)26-12-10-25(11-13-26)15-21-23-22(24-30-21)16-4-9-19(28-2)20(14-16)29-3/h4-9,14H,10-13,15H2,1-3H3. The molecule has 1 aliphatic heterocycles. The molecule has 0 spiro atoms. The van der Waals surface area contributed by atoms with Crippen molar-refractivity contribution in [3.05, 3.63) is 48.4 Å². The monoisotopic (exact) mass is 410 g/mol. The minimum Gasteiger partial charge on any atom is -0.497 e. The van der Waals surface area contributed by atoms with Crippen LogP contribution < -0.4 is 19.1 Å². The molecular formula is C22H26N4O4. The van der Waals surface area contributed by atoms with E-state index in [9.17, 15) is 0 Å². The van der Waals surface area contributed by atoms with Gasteiger partial charge >= 0.3 is 0 Å². The average molecular weight is 410 g/mol. The van der Waals surface area contributed by atoms with Crippen LogP contribution in [0.25, 0.3) is 11.4 Å². The lowest BCUT2D eigenvalue weighted by Crippen LogP contribution is -2.46. The van der Waals surface area contributed by atoms with Crippen molar-refractivity contribution in [1.82, 2.24) is 15.0 Å². The first-order chi connectivity index (χ1) is 14.7. The third-order valence-electron chi connectivity index (χ3n) is 5.28. The Morgan fingerprint density at radius 2 is 1.60 bits per heavy atom. The highest BCUT2D eigenvalue weighted by atomic mass is 16.5. The van der Waals surface area contributed by atoms with Gasteiger partial charge in [0.25, 0.3) is 0 Å². The van der Waals surface area contributed by atoms with Crippen molar-refractivity contribution >= 4 is 5.69 Å². The van der Waals surface area contributed by atoms with E-state index in [1.54, 1.807) is 21.3 Å². The van der Waals surface area contributed by atoms with Crippen LogP contribution >= 0.6 is 0 Å². The van der Waals surface area contributed by atoms with Crippen LogP contribution in [0.3, 0.4) is 0 Å². The Kier molecular flexibility index (Phi) is 6.04. The van der Waals surface area contributed by atoms with E-state index >= 15 is 0 Å². The molecule has 8 heteroatoms. The summed E-state index contributed by atoms with van der Waals surface area (Å²) in [6.07, 6.45) is 0. The van der Waals surface area contributed by atoms with Crippen molar-refractivity contribution in [2.45, 2.75) is 6.54 Å². The van der Waals surface area contributed by atoms with Crippen LogP contribution in [0.1, 0.15) is 5.89 Å². The molecule has 0 atom stereocenters. The molecule has 0 aliphatic carbocycles. The Balaban J connectivity index is 1.35. The summed E-state index contributed by atoms with van der Waals surface area (Å²) >= 11 is 0. The van der Waals surface area contributed by atoms with Crippen molar-refractivity contribution < 1.29 is 18.7 Å². The minimum absolute atomic E-state index is 0.544. The Morgan fingerprint density at radius 1 is 0.867 bits per heavy atom. The third kappa shape index (κ3) is 4.33. The summed E-state index contributed by atoms with van der Waals surface area (Å²) in [5, 5.41) is 4.13. The zero-order chi connectivity index (χ0) is 20.9. The first-order valence-electron chi connectivity index (χ1n) is 9.86. The smallest absolute Gasteiger partial charge is 0.241 e. The number of benzene rings is 2. The second kappa shape index (κ2) is 9.04. The van der Waals surface area contributed by atoms with Gasteiger partial charge in [-0.25, -0.2) is 0 Å². The number of nitrogens with zero attached hydrogens (tertiary/aromatic N) is 4. The molecule has 0 N–H and O–H groups in total. The molecule has 30 heavy (non-hydrogen) atoms. The van der Waals surface area contributed by atoms with Crippen LogP contribution in [0.15, 0.2) is 47.0 Å². The predicted molar refractivity (Wildman–Crippen MR) is 113 cm³/mol. The van der Waals surface area contributed by atoms with Gasteiger partial charge in [0.1, 0.15) is 5.75 Å². The highest BCUT2D eigenvalue weighted by Gasteiger charge is 2.20. The second-order valence-electron chi connectivity index (χ2n) is 7.04. The number of aromatic nitrogens is 2. The largest absolute Gasteiger partial charge is 0.497 e. The maximum absolute atomic E-state index is 5.49. The van der Waals surface area contributed by atoms with E-state index in [-0.39, 0.29) is 0 Å². The number of piperazine rings is 1. The molecule has 2 heterocycles. The maximum Gasteiger partial charge on any atom is 0.241 e. The molecule has 0 unspecified atom stereocenters. The fraction of sp³-hybridized carbons (Fsp3) is 0.364. The lowest BCUT2D eigenvalue weighted by Gasteiger charge is -2.35. The summed E-state index contributed by atoms with van der Waals surface area (Å²) in [4.78, 5) is 9.26. The summed E-state index contributed by atoms with van der Waals surface area (Å²) in [6, 6.07) is 13.8. The molecular weight excluding hydrogens is 384 g/mol. The summed E-state index contributed by atoms with van der Waals surface area (Å²) in [7, 11) is 4.90. The summed E-state index contributed by atoms with van der Waals surface area (Å²) in [6.45, 7) is 4.39. The lowest BCUT2D eigenvalue weighted by atomic mass is 10.2. The number of anilines is 1. The van der Waals surface area contributed by atoms with Gasteiger partial charge in [0.2, 0.25) is 11.7 Å². The fourth-order valence-corrected chi connectivity index (χ4v) is 3.56. The highest BCUT2D eigenvalue weighted by Crippen LogP contribution is 2.31. The van der Waals surface area contributed by atoms with Crippen molar-refractivity contribution in [2.24, 2.45) is 0 Å². The van der Waals surface area contributed by atoms with Crippen LogP contribution in [-0.2, 0) is 6.54 Å². The number of methoxy groups -OCH3 is 3. The molecule has 0 radical (unpaired) electrons. The predicted octanol–water partition coefficient (Wildman–Crippen LogP) is 3.08. The highest BCUT2D eigenvalue weighted by molar-refractivity contribution is 5.60. The first kappa shape index (κ1) is 20.0. The second-order valence-corrected chi connectivity index (χ2v) is 7.04. The normalized spacial score (nSPS) is 14.6. The number of ether oxygens (including phenoxy) is 3. The van der Waals surface area contributed by atoms with Gasteiger partial charge in [0, 0.05) is 37.4 Å². The van der Waals surface area contributed by atoms with Crippen LogP contribution in [0, 0.1) is 0 Å². The molecule has 1 saturated heterocycles. The minimum atomic E-state index is 0.544. The molecule has 2 aromatic carbocycles. The van der Waals surface area contributed by atoms with Crippen LogP contribution in [0.5, 0.6) is 17.2 Å². The zero-order valence-corrected chi connectivity index (χ0v) is 17.5. The molecule has 0 amide bonds. The molecule has 0 bridgehead atoms. The van der Waals surface area contributed by atoms with Crippen LogP contribution in [0.4, 0.5) is 5.69 Å². The van der Waals surface area contributed by atoms with E-state index < -0.39 is 0 Å². The zero-order valence-electron chi connectivity index (χ0n) is 17.5. The van der Waals surface area contributed by atoms with Gasteiger partial charge in [-0.15, -0.1) is 0 Å². The van der Waals surface area contributed by atoms with E-state index in [0.29, 0.717) is 29.8 Å². The fourth-order valence-electron chi connectivity index (χ4n) is 3.56. The number of rotatable bonds is 7. The average Bonchev–Trinajstić information content (AvgIpc) is 3.27. The summed E-state index contributed by atoms with van der Waals surface area (Å²) in [5.41, 5.74) is 2.04. The Hall–Kier alpha value is -3.26. The number of hydrogen-bond donors (Lipinski definition) is 0. The van der Waals surface area contributed by atoms with E-state index in [0.717, 1.165) is 37.5 Å². The van der Waals surface area contributed by atoms with Crippen molar-refractivity contribution in [3.63, 3.8) is 0 Å². The van der Waals surface area contributed by atoms with Gasteiger partial charge in [0.15, 0.2) is 11.5 Å². The van der Waals surface area contributed by atoms with Gasteiger partial charge in [-0.1, -0.05) is 5.16 Å². The van der Waals surface area contributed by atoms with Crippen LogP contribution in [0.2, 0.25) is 0 Å². The summed E-state index contributed by atoms with van der Waals surface area (Å²) in [5.74, 6) is 3.33. The molecule has 1 aromatic heterocycles. The summed E-state index contributed by atoms with van der Waals surface area (Å²) < 4.78 is 21.4. The van der Waals surface area contributed by atoms with Gasteiger partial charge in [-0.05, 0) is 42.5 Å². The first-order valence-corrected chi connectivity index (χ1v) is 9.86. The molecule has 1 aliphatic rings. The van der Waals surface area contributed by atoms with Gasteiger partial charge in [-0.3, -0.25) is 4.90 Å². The molecule has 0 saturated carbocycles. The van der Waals surface area contributed by atoms with E-state index in [1.165, 1.54) is 5.69 Å². The van der Waals surface area contributed by atoms with Gasteiger partial charge in [-0.2, -0.15) is 4.98 Å². The van der Waals surface area contributed by atoms with Gasteiger partial charge < -0.3 is 23.6 Å². The topological polar surface area (TPSA) is 73.1 Å². The SMILES string of the molecule is COc1ccc(N2CCN(Cc3nc(-c4ccc(OC)c(OC)c4)no3)CC2)cc1. The van der Waals surface area contributed by atoms with E-state index in [2.05, 4.69) is 32.1 Å². The Labute approximate surface area is 176 Å². The Bertz CT molecular complexity index is 966. The van der Waals surface area contributed by atoms with Crippen molar-refractivity contribution in [3.8, 4) is 28.6 Å². The van der Waals surface area contributed by atoms with Crippen molar-refractivity contribution in [1.29, 1.82) is 0 Å². The maximum atomic E-state index is 5.49. The number of hydrogen-bond acceptors (Lipinski definition) is 8.